The second-order valence-corrected chi connectivity index (χ2v) is 3.42. The van der Waals surface area contributed by atoms with Gasteiger partial charge < -0.3 is 9.47 Å². The van der Waals surface area contributed by atoms with Crippen LogP contribution in [0, 0.1) is 0 Å². The molecule has 1 aliphatic rings. The minimum atomic E-state index is -0.566. The number of carbonyl (C=O) groups excluding carboxylic acids is 1. The zero-order valence-electron chi connectivity index (χ0n) is 9.23. The van der Waals surface area contributed by atoms with Gasteiger partial charge in [-0.15, -0.1) is 0 Å². The highest BCUT2D eigenvalue weighted by atomic mass is 16.5. The molecule has 0 saturated carbocycles. The lowest BCUT2D eigenvalue weighted by Gasteiger charge is -2.17. The number of hydrogen-bond acceptors (Lipinski definition) is 4. The molecule has 0 aromatic carbocycles. The maximum absolute atomic E-state index is 11.5. The van der Waals surface area contributed by atoms with Gasteiger partial charge in [-0.1, -0.05) is 19.9 Å². The fraction of sp³-hybridized carbons (Fsp3) is 0.636. The van der Waals surface area contributed by atoms with Gasteiger partial charge in [0.05, 0.1) is 6.61 Å². The average molecular weight is 211 g/mol. The van der Waals surface area contributed by atoms with Crippen molar-refractivity contribution in [3.05, 3.63) is 12.2 Å². The molecule has 2 unspecified atom stereocenters. The fourth-order valence-electron chi connectivity index (χ4n) is 1.51. The highest BCUT2D eigenvalue weighted by molar-refractivity contribution is 5.80. The molecule has 0 radical (unpaired) electrons. The van der Waals surface area contributed by atoms with E-state index in [0.29, 0.717) is 6.61 Å². The summed E-state index contributed by atoms with van der Waals surface area (Å²) in [6, 6.07) is -0.566. The third kappa shape index (κ3) is 2.81. The SMILES string of the molecule is C=C(CCC)C1OC=NC1C(=O)OCC. The Morgan fingerprint density at radius 2 is 2.33 bits per heavy atom. The van der Waals surface area contributed by atoms with Gasteiger partial charge in [0.25, 0.3) is 0 Å². The van der Waals surface area contributed by atoms with E-state index in [9.17, 15) is 4.79 Å². The van der Waals surface area contributed by atoms with Gasteiger partial charge >= 0.3 is 5.97 Å². The predicted molar refractivity (Wildman–Crippen MR) is 57.8 cm³/mol. The number of hydrogen-bond donors (Lipinski definition) is 0. The highest BCUT2D eigenvalue weighted by Gasteiger charge is 2.35. The van der Waals surface area contributed by atoms with Crippen molar-refractivity contribution in [2.24, 2.45) is 4.99 Å². The van der Waals surface area contributed by atoms with E-state index in [2.05, 4.69) is 18.5 Å². The molecule has 0 aromatic heterocycles. The van der Waals surface area contributed by atoms with E-state index in [-0.39, 0.29) is 12.1 Å². The first-order valence-electron chi connectivity index (χ1n) is 5.22. The fourth-order valence-corrected chi connectivity index (χ4v) is 1.51. The van der Waals surface area contributed by atoms with Crippen LogP contribution in [0.25, 0.3) is 0 Å². The van der Waals surface area contributed by atoms with Gasteiger partial charge in [0.15, 0.2) is 18.5 Å². The summed E-state index contributed by atoms with van der Waals surface area (Å²) in [5.74, 6) is -0.339. The van der Waals surface area contributed by atoms with Gasteiger partial charge in [-0.05, 0) is 18.9 Å². The monoisotopic (exact) mass is 211 g/mol. The average Bonchev–Trinajstić information content (AvgIpc) is 2.66. The van der Waals surface area contributed by atoms with Crippen LogP contribution in [0.2, 0.25) is 0 Å². The summed E-state index contributed by atoms with van der Waals surface area (Å²) in [5, 5.41) is 0. The van der Waals surface area contributed by atoms with Crippen LogP contribution in [0.3, 0.4) is 0 Å². The minimum absolute atomic E-state index is 0.339. The minimum Gasteiger partial charge on any atom is -0.473 e. The zero-order chi connectivity index (χ0) is 11.3. The van der Waals surface area contributed by atoms with Crippen molar-refractivity contribution in [3.8, 4) is 0 Å². The van der Waals surface area contributed by atoms with Gasteiger partial charge in [0, 0.05) is 0 Å². The Kier molecular flexibility index (Phi) is 4.34. The van der Waals surface area contributed by atoms with Gasteiger partial charge in [-0.2, -0.15) is 0 Å². The van der Waals surface area contributed by atoms with Crippen molar-refractivity contribution < 1.29 is 14.3 Å². The van der Waals surface area contributed by atoms with E-state index >= 15 is 0 Å². The van der Waals surface area contributed by atoms with Crippen molar-refractivity contribution in [1.29, 1.82) is 0 Å². The van der Waals surface area contributed by atoms with Crippen LogP contribution >= 0.6 is 0 Å². The predicted octanol–water partition coefficient (Wildman–Crippen LogP) is 1.70. The summed E-state index contributed by atoms with van der Waals surface area (Å²) in [4.78, 5) is 15.5. The van der Waals surface area contributed by atoms with E-state index in [1.807, 2.05) is 0 Å². The molecule has 84 valence electrons. The smallest absolute Gasteiger partial charge is 0.335 e. The summed E-state index contributed by atoms with van der Waals surface area (Å²) in [7, 11) is 0. The Morgan fingerprint density at radius 3 is 2.93 bits per heavy atom. The number of aliphatic imine (C=N–C) groups is 1. The Hall–Kier alpha value is -1.32. The second-order valence-electron chi connectivity index (χ2n) is 3.42. The number of rotatable bonds is 5. The number of ether oxygens (including phenoxy) is 2. The van der Waals surface area contributed by atoms with E-state index < -0.39 is 6.04 Å². The zero-order valence-corrected chi connectivity index (χ0v) is 9.23. The van der Waals surface area contributed by atoms with Gasteiger partial charge in [-0.3, -0.25) is 0 Å². The lowest BCUT2D eigenvalue weighted by Crippen LogP contribution is -2.33. The van der Waals surface area contributed by atoms with Crippen molar-refractivity contribution in [2.75, 3.05) is 6.61 Å². The first-order valence-corrected chi connectivity index (χ1v) is 5.22. The lowest BCUT2D eigenvalue weighted by atomic mass is 10.0. The van der Waals surface area contributed by atoms with Crippen LogP contribution in [-0.4, -0.2) is 31.1 Å². The Morgan fingerprint density at radius 1 is 1.60 bits per heavy atom. The molecule has 2 atom stereocenters. The molecule has 0 aliphatic carbocycles. The Bertz CT molecular complexity index is 273. The molecule has 1 aliphatic heterocycles. The van der Waals surface area contributed by atoms with Crippen molar-refractivity contribution in [3.63, 3.8) is 0 Å². The van der Waals surface area contributed by atoms with Crippen LogP contribution in [-0.2, 0) is 14.3 Å². The molecule has 1 rings (SSSR count). The first-order chi connectivity index (χ1) is 7.20. The summed E-state index contributed by atoms with van der Waals surface area (Å²) in [5.41, 5.74) is 0.896. The van der Waals surface area contributed by atoms with E-state index in [1.54, 1.807) is 6.92 Å². The molecule has 0 amide bonds. The van der Waals surface area contributed by atoms with Crippen LogP contribution in [0.1, 0.15) is 26.7 Å². The summed E-state index contributed by atoms with van der Waals surface area (Å²) in [6.07, 6.45) is 2.79. The van der Waals surface area contributed by atoms with Gasteiger partial charge in [0.2, 0.25) is 0 Å². The number of carbonyl (C=O) groups is 1. The summed E-state index contributed by atoms with van der Waals surface area (Å²) in [6.45, 7) is 8.09. The third-order valence-corrected chi connectivity index (χ3v) is 2.22. The maximum atomic E-state index is 11.5. The molecular weight excluding hydrogens is 194 g/mol. The van der Waals surface area contributed by atoms with Crippen LogP contribution in [0.5, 0.6) is 0 Å². The molecule has 0 fully saturated rings. The molecule has 0 aromatic rings. The molecule has 15 heavy (non-hydrogen) atoms. The van der Waals surface area contributed by atoms with E-state index in [1.165, 1.54) is 6.40 Å². The largest absolute Gasteiger partial charge is 0.473 e. The molecule has 0 bridgehead atoms. The highest BCUT2D eigenvalue weighted by Crippen LogP contribution is 2.21. The molecule has 1 heterocycles. The Labute approximate surface area is 90.0 Å². The first kappa shape index (κ1) is 11.8. The van der Waals surface area contributed by atoms with E-state index in [4.69, 9.17) is 9.47 Å². The molecular formula is C11H17NO3. The topological polar surface area (TPSA) is 47.9 Å². The normalized spacial score (nSPS) is 23.6. The Balaban J connectivity index is 2.59. The van der Waals surface area contributed by atoms with Crippen molar-refractivity contribution in [2.45, 2.75) is 38.8 Å². The number of esters is 1. The van der Waals surface area contributed by atoms with Crippen molar-refractivity contribution in [1.82, 2.24) is 0 Å². The van der Waals surface area contributed by atoms with Crippen LogP contribution in [0.15, 0.2) is 17.1 Å². The molecule has 0 saturated heterocycles. The summed E-state index contributed by atoms with van der Waals surface area (Å²) >= 11 is 0. The van der Waals surface area contributed by atoms with Gasteiger partial charge in [0.1, 0.15) is 0 Å². The molecule has 4 heteroatoms. The van der Waals surface area contributed by atoms with E-state index in [0.717, 1.165) is 18.4 Å². The lowest BCUT2D eigenvalue weighted by molar-refractivity contribution is -0.145. The maximum Gasteiger partial charge on any atom is 0.335 e. The standard InChI is InChI=1S/C11H17NO3/c1-4-6-8(3)10-9(12-7-15-10)11(13)14-5-2/h7,9-10H,3-6H2,1-2H3. The molecule has 4 nitrogen and oxygen atoms in total. The van der Waals surface area contributed by atoms with Crippen LogP contribution < -0.4 is 0 Å². The number of nitrogens with zero attached hydrogens (tertiary/aromatic N) is 1. The summed E-state index contributed by atoms with van der Waals surface area (Å²) < 4.78 is 10.2. The van der Waals surface area contributed by atoms with Gasteiger partial charge in [-0.25, -0.2) is 9.79 Å². The third-order valence-electron chi connectivity index (χ3n) is 2.22. The second kappa shape index (κ2) is 5.53. The molecule has 0 N–H and O–H groups in total. The molecule has 0 spiro atoms. The van der Waals surface area contributed by atoms with Crippen molar-refractivity contribution >= 4 is 12.4 Å². The quantitative estimate of drug-likeness (QED) is 0.513. The van der Waals surface area contributed by atoms with Crippen LogP contribution in [0.4, 0.5) is 0 Å².